The number of rotatable bonds is 3. The quantitative estimate of drug-likeness (QED) is 0.340. The third-order valence-corrected chi connectivity index (χ3v) is 1.99. The highest BCUT2D eigenvalue weighted by Crippen LogP contribution is 2.12. The molecule has 0 saturated heterocycles. The second kappa shape index (κ2) is 5.21. The molecule has 0 spiro atoms. The largest absolute Gasteiger partial charge is 0.465 e. The molecule has 1 aromatic carbocycles. The van der Waals surface area contributed by atoms with Crippen LogP contribution in [0, 0.1) is 5.82 Å². The third-order valence-electron chi connectivity index (χ3n) is 1.99. The number of halogens is 1. The number of ether oxygens (including phenoxy) is 1. The first-order chi connectivity index (χ1) is 7.56. The second-order valence-electron chi connectivity index (χ2n) is 3.13. The van der Waals surface area contributed by atoms with E-state index in [0.29, 0.717) is 0 Å². The average molecular weight is 222 g/mol. The van der Waals surface area contributed by atoms with E-state index in [9.17, 15) is 14.0 Å². The highest BCUT2D eigenvalue weighted by atomic mass is 19.1. The zero-order chi connectivity index (χ0) is 12.1. The van der Waals surface area contributed by atoms with Crippen LogP contribution in [-0.2, 0) is 14.3 Å². The third kappa shape index (κ3) is 2.76. The van der Waals surface area contributed by atoms with Crippen molar-refractivity contribution in [3.05, 3.63) is 41.2 Å². The van der Waals surface area contributed by atoms with Gasteiger partial charge in [0, 0.05) is 5.56 Å². The van der Waals surface area contributed by atoms with Crippen molar-refractivity contribution in [1.82, 2.24) is 0 Å². The lowest BCUT2D eigenvalue weighted by Gasteiger charge is -2.02. The SMILES string of the molecule is COC(=O)C(=Cc1ccccc1F)C(C)=O. The van der Waals surface area contributed by atoms with Crippen molar-refractivity contribution < 1.29 is 18.7 Å². The maximum atomic E-state index is 13.3. The summed E-state index contributed by atoms with van der Waals surface area (Å²) in [5.74, 6) is -1.73. The minimum atomic E-state index is -0.768. The van der Waals surface area contributed by atoms with Crippen molar-refractivity contribution in [2.45, 2.75) is 6.92 Å². The summed E-state index contributed by atoms with van der Waals surface area (Å²) in [5, 5.41) is 0. The Morgan fingerprint density at radius 1 is 1.31 bits per heavy atom. The molecule has 4 heteroatoms. The normalized spacial score (nSPS) is 11.1. The minimum Gasteiger partial charge on any atom is -0.465 e. The fraction of sp³-hybridized carbons (Fsp3) is 0.167. The van der Waals surface area contributed by atoms with Gasteiger partial charge in [0.25, 0.3) is 0 Å². The Morgan fingerprint density at radius 2 is 1.94 bits per heavy atom. The molecule has 0 aliphatic rings. The molecule has 0 atom stereocenters. The Hall–Kier alpha value is -1.97. The molecule has 0 amide bonds. The lowest BCUT2D eigenvalue weighted by Crippen LogP contribution is -2.11. The van der Waals surface area contributed by atoms with Gasteiger partial charge in [0.2, 0.25) is 0 Å². The van der Waals surface area contributed by atoms with E-state index in [1.807, 2.05) is 0 Å². The smallest absolute Gasteiger partial charge is 0.341 e. The van der Waals surface area contributed by atoms with E-state index in [2.05, 4.69) is 4.74 Å². The molecule has 0 heterocycles. The van der Waals surface area contributed by atoms with Gasteiger partial charge >= 0.3 is 5.97 Å². The lowest BCUT2D eigenvalue weighted by atomic mass is 10.1. The molecule has 0 saturated carbocycles. The molecule has 0 fully saturated rings. The van der Waals surface area contributed by atoms with Gasteiger partial charge in [0.05, 0.1) is 7.11 Å². The average Bonchev–Trinajstić information content (AvgIpc) is 2.26. The van der Waals surface area contributed by atoms with Gasteiger partial charge in [-0.3, -0.25) is 4.79 Å². The first-order valence-corrected chi connectivity index (χ1v) is 4.61. The number of benzene rings is 1. The zero-order valence-electron chi connectivity index (χ0n) is 8.99. The summed E-state index contributed by atoms with van der Waals surface area (Å²) in [7, 11) is 1.17. The molecule has 1 aromatic rings. The minimum absolute atomic E-state index is 0.174. The van der Waals surface area contributed by atoms with Crippen LogP contribution >= 0.6 is 0 Å². The lowest BCUT2D eigenvalue weighted by molar-refractivity contribution is -0.137. The van der Waals surface area contributed by atoms with Crippen molar-refractivity contribution in [2.75, 3.05) is 7.11 Å². The Labute approximate surface area is 92.5 Å². The summed E-state index contributed by atoms with van der Waals surface area (Å²) in [5.41, 5.74) is 0.00528. The Kier molecular flexibility index (Phi) is 3.94. The van der Waals surface area contributed by atoms with Gasteiger partial charge in [-0.1, -0.05) is 18.2 Å². The molecule has 0 unspecified atom stereocenters. The van der Waals surface area contributed by atoms with Crippen LogP contribution in [0.2, 0.25) is 0 Å². The van der Waals surface area contributed by atoms with Crippen LogP contribution in [0.3, 0.4) is 0 Å². The van der Waals surface area contributed by atoms with Gasteiger partial charge in [0.15, 0.2) is 5.78 Å². The van der Waals surface area contributed by atoms with E-state index in [0.717, 1.165) is 0 Å². The van der Waals surface area contributed by atoms with Crippen LogP contribution in [0.25, 0.3) is 6.08 Å². The van der Waals surface area contributed by atoms with E-state index in [1.54, 1.807) is 6.07 Å². The molecule has 0 N–H and O–H groups in total. The Balaban J connectivity index is 3.18. The number of Topliss-reactive ketones (excluding diaryl/α,β-unsaturated/α-hetero) is 1. The van der Waals surface area contributed by atoms with Crippen LogP contribution < -0.4 is 0 Å². The molecule has 0 aliphatic heterocycles. The van der Waals surface area contributed by atoms with Crippen molar-refractivity contribution in [1.29, 1.82) is 0 Å². The molecule has 0 aliphatic carbocycles. The van der Waals surface area contributed by atoms with E-state index < -0.39 is 17.6 Å². The number of esters is 1. The molecule has 84 valence electrons. The van der Waals surface area contributed by atoms with Gasteiger partial charge in [-0.05, 0) is 19.1 Å². The van der Waals surface area contributed by atoms with Gasteiger partial charge in [-0.2, -0.15) is 0 Å². The van der Waals surface area contributed by atoms with E-state index in [-0.39, 0.29) is 11.1 Å². The fourth-order valence-electron chi connectivity index (χ4n) is 1.16. The number of ketones is 1. The zero-order valence-corrected chi connectivity index (χ0v) is 8.99. The first-order valence-electron chi connectivity index (χ1n) is 4.61. The monoisotopic (exact) mass is 222 g/mol. The maximum absolute atomic E-state index is 13.3. The van der Waals surface area contributed by atoms with Gasteiger partial charge in [-0.25, -0.2) is 9.18 Å². The van der Waals surface area contributed by atoms with Crippen LogP contribution in [0.15, 0.2) is 29.8 Å². The summed E-state index contributed by atoms with van der Waals surface area (Å²) in [6.45, 7) is 1.23. The topological polar surface area (TPSA) is 43.4 Å². The van der Waals surface area contributed by atoms with E-state index in [4.69, 9.17) is 0 Å². The van der Waals surface area contributed by atoms with Gasteiger partial charge < -0.3 is 4.74 Å². The van der Waals surface area contributed by atoms with Crippen LogP contribution in [0.1, 0.15) is 12.5 Å². The van der Waals surface area contributed by atoms with Crippen molar-refractivity contribution >= 4 is 17.8 Å². The highest BCUT2D eigenvalue weighted by Gasteiger charge is 2.15. The Morgan fingerprint density at radius 3 is 2.44 bits per heavy atom. The number of hydrogen-bond donors (Lipinski definition) is 0. The van der Waals surface area contributed by atoms with Crippen molar-refractivity contribution in [2.24, 2.45) is 0 Å². The molecular weight excluding hydrogens is 211 g/mol. The second-order valence-corrected chi connectivity index (χ2v) is 3.13. The standard InChI is InChI=1S/C12H11FO3/c1-8(14)10(12(15)16-2)7-9-5-3-4-6-11(9)13/h3-7H,1-2H3. The highest BCUT2D eigenvalue weighted by molar-refractivity contribution is 6.19. The maximum Gasteiger partial charge on any atom is 0.341 e. The molecule has 0 radical (unpaired) electrons. The first kappa shape index (κ1) is 12.1. The van der Waals surface area contributed by atoms with Crippen molar-refractivity contribution in [3.8, 4) is 0 Å². The van der Waals surface area contributed by atoms with Crippen LogP contribution in [-0.4, -0.2) is 18.9 Å². The fourth-order valence-corrected chi connectivity index (χ4v) is 1.16. The van der Waals surface area contributed by atoms with Gasteiger partial charge in [-0.15, -0.1) is 0 Å². The van der Waals surface area contributed by atoms with Crippen molar-refractivity contribution in [3.63, 3.8) is 0 Å². The predicted octanol–water partition coefficient (Wildman–Crippen LogP) is 1.97. The molecule has 0 aromatic heterocycles. The van der Waals surface area contributed by atoms with Gasteiger partial charge in [0.1, 0.15) is 11.4 Å². The summed E-state index contributed by atoms with van der Waals surface area (Å²) in [6.07, 6.45) is 1.18. The Bertz CT molecular complexity index is 449. The van der Waals surface area contributed by atoms with E-state index in [1.165, 1.54) is 38.3 Å². The molecular formula is C12H11FO3. The number of methoxy groups -OCH3 is 1. The number of carbonyl (C=O) groups excluding carboxylic acids is 2. The summed E-state index contributed by atoms with van der Waals surface area (Å²) < 4.78 is 17.7. The molecule has 3 nitrogen and oxygen atoms in total. The van der Waals surface area contributed by atoms with E-state index >= 15 is 0 Å². The number of carbonyl (C=O) groups is 2. The molecule has 16 heavy (non-hydrogen) atoms. The summed E-state index contributed by atoms with van der Waals surface area (Å²) in [4.78, 5) is 22.4. The van der Waals surface area contributed by atoms with Crippen LogP contribution in [0.5, 0.6) is 0 Å². The molecule has 1 rings (SSSR count). The summed E-state index contributed by atoms with van der Waals surface area (Å²) >= 11 is 0. The molecule has 0 bridgehead atoms. The summed E-state index contributed by atoms with van der Waals surface area (Å²) in [6, 6.07) is 5.87. The predicted molar refractivity (Wildman–Crippen MR) is 57.1 cm³/mol. The van der Waals surface area contributed by atoms with Crippen LogP contribution in [0.4, 0.5) is 4.39 Å². The number of hydrogen-bond acceptors (Lipinski definition) is 3.